The number of carbonyl (C=O) groups excluding carboxylic acids is 3. The third-order valence-corrected chi connectivity index (χ3v) is 4.23. The summed E-state index contributed by atoms with van der Waals surface area (Å²) < 4.78 is 10.4. The van der Waals surface area contributed by atoms with E-state index in [0.29, 0.717) is 26.1 Å². The van der Waals surface area contributed by atoms with E-state index in [-0.39, 0.29) is 37.6 Å². The molecule has 198 valence electrons. The molecule has 0 aromatic heterocycles. The van der Waals surface area contributed by atoms with Crippen molar-refractivity contribution in [3.8, 4) is 0 Å². The smallest absolute Gasteiger partial charge is 0.407 e. The predicted molar refractivity (Wildman–Crippen MR) is 131 cm³/mol. The fraction of sp³-hybridized carbons (Fsp3) is 0.857. The highest BCUT2D eigenvalue weighted by molar-refractivity contribution is 5.78. The molecule has 0 saturated heterocycles. The van der Waals surface area contributed by atoms with Gasteiger partial charge in [-0.3, -0.25) is 9.59 Å². The molecule has 12 heteroatoms. The number of amides is 3. The van der Waals surface area contributed by atoms with E-state index in [2.05, 4.69) is 23.3 Å². The number of hydrogen-bond acceptors (Lipinski definition) is 9. The Hall–Kier alpha value is -1.99. The lowest BCUT2D eigenvalue weighted by molar-refractivity contribution is -0.120. The summed E-state index contributed by atoms with van der Waals surface area (Å²) in [6.45, 7) is 4.57. The Balaban J connectivity index is -0.000000963. The lowest BCUT2D eigenvalue weighted by Crippen LogP contribution is -2.44. The van der Waals surface area contributed by atoms with Crippen molar-refractivity contribution >= 4 is 18.4 Å². The van der Waals surface area contributed by atoms with Gasteiger partial charge in [0.2, 0.25) is 12.3 Å². The average Bonchev–Trinajstić information content (AvgIpc) is 2.79. The Labute approximate surface area is 199 Å². The third kappa shape index (κ3) is 30.0. The lowest BCUT2D eigenvalue weighted by atomic mass is 10.1. The van der Waals surface area contributed by atoms with Gasteiger partial charge in [-0.15, -0.1) is 0 Å². The van der Waals surface area contributed by atoms with Gasteiger partial charge in [0.25, 0.3) is 0 Å². The van der Waals surface area contributed by atoms with E-state index in [1.54, 1.807) is 7.11 Å². The first kappa shape index (κ1) is 35.6. The number of nitrogens with one attached hydrogen (secondary N) is 2. The fourth-order valence-electron chi connectivity index (χ4n) is 2.54. The van der Waals surface area contributed by atoms with Gasteiger partial charge < -0.3 is 48.8 Å². The molecule has 0 aromatic rings. The van der Waals surface area contributed by atoms with Crippen LogP contribution in [0.1, 0.15) is 58.3 Å². The molecule has 0 bridgehead atoms. The molecule has 33 heavy (non-hydrogen) atoms. The standard InChI is InChI=1S/C16H35N5O4.C4H11N.CH3NO/c1-24-11-13(6-2-4-8-17)21-16(23)25-12-14(7-3-5-9-18)20-15(22)10-19;1-2-3-4-5;2-1-3/h13-14H,2-12,17-19H2,1H3,(H,20,22)(H,21,23);2-5H2,1H3;1H,(H2,2,3)/t13?,14-;;/m0../s1. The number of hydrogen-bond donors (Lipinski definition) is 7. The molecule has 12 nitrogen and oxygen atoms in total. The summed E-state index contributed by atoms with van der Waals surface area (Å²) >= 11 is 0. The van der Waals surface area contributed by atoms with Gasteiger partial charge in [0.05, 0.1) is 25.2 Å². The summed E-state index contributed by atoms with van der Waals surface area (Å²) in [7, 11) is 1.58. The minimum absolute atomic E-state index is 0.0879. The summed E-state index contributed by atoms with van der Waals surface area (Å²) in [5.41, 5.74) is 25.6. The second-order valence-electron chi connectivity index (χ2n) is 7.21. The summed E-state index contributed by atoms with van der Waals surface area (Å²) in [5.74, 6) is -0.277. The molecule has 0 spiro atoms. The van der Waals surface area contributed by atoms with Gasteiger partial charge in [-0.25, -0.2) is 4.79 Å². The molecule has 0 aliphatic rings. The van der Waals surface area contributed by atoms with Crippen molar-refractivity contribution in [2.75, 3.05) is 46.5 Å². The van der Waals surface area contributed by atoms with Crippen molar-refractivity contribution in [2.45, 2.75) is 70.4 Å². The molecule has 1 unspecified atom stereocenters. The second kappa shape index (κ2) is 30.0. The van der Waals surface area contributed by atoms with E-state index in [1.165, 1.54) is 12.8 Å². The Morgan fingerprint density at radius 2 is 1.33 bits per heavy atom. The number of rotatable bonds is 17. The van der Waals surface area contributed by atoms with Crippen LogP contribution in [0.15, 0.2) is 0 Å². The molecule has 0 radical (unpaired) electrons. The zero-order chi connectivity index (χ0) is 25.7. The SMILES string of the molecule is CCCCN.COCC(CCCCN)NC(=O)OC[C@H](CCCCN)NC(=O)CN.NC=O. The van der Waals surface area contributed by atoms with Gasteiger partial charge in [-0.2, -0.15) is 0 Å². The number of ether oxygens (including phenoxy) is 2. The predicted octanol–water partition coefficient (Wildman–Crippen LogP) is -0.724. The first-order valence-electron chi connectivity index (χ1n) is 11.6. The van der Waals surface area contributed by atoms with Crippen LogP contribution >= 0.6 is 0 Å². The molecule has 2 atom stereocenters. The van der Waals surface area contributed by atoms with Crippen molar-refractivity contribution in [1.29, 1.82) is 0 Å². The van der Waals surface area contributed by atoms with Crippen LogP contribution in [-0.2, 0) is 19.1 Å². The van der Waals surface area contributed by atoms with E-state index in [0.717, 1.165) is 38.6 Å². The van der Waals surface area contributed by atoms with Crippen molar-refractivity contribution in [3.05, 3.63) is 0 Å². The van der Waals surface area contributed by atoms with Gasteiger partial charge in [0, 0.05) is 7.11 Å². The highest BCUT2D eigenvalue weighted by atomic mass is 16.5. The minimum Gasteiger partial charge on any atom is -0.447 e. The summed E-state index contributed by atoms with van der Waals surface area (Å²) in [5, 5.41) is 5.54. The number of alkyl carbamates (subject to hydrolysis) is 1. The molecule has 0 heterocycles. The van der Waals surface area contributed by atoms with Gasteiger partial charge in [-0.1, -0.05) is 26.2 Å². The van der Waals surface area contributed by atoms with Gasteiger partial charge in [0.1, 0.15) is 6.61 Å². The largest absolute Gasteiger partial charge is 0.447 e. The number of methoxy groups -OCH3 is 1. The van der Waals surface area contributed by atoms with Crippen molar-refractivity contribution in [1.82, 2.24) is 10.6 Å². The minimum atomic E-state index is -0.527. The number of unbranched alkanes of at least 4 members (excludes halogenated alkanes) is 3. The maximum absolute atomic E-state index is 12.0. The van der Waals surface area contributed by atoms with Crippen LogP contribution < -0.4 is 39.3 Å². The van der Waals surface area contributed by atoms with E-state index in [9.17, 15) is 9.59 Å². The van der Waals surface area contributed by atoms with Crippen LogP contribution in [0.5, 0.6) is 0 Å². The highest BCUT2D eigenvalue weighted by Gasteiger charge is 2.16. The van der Waals surface area contributed by atoms with Crippen molar-refractivity contribution in [3.63, 3.8) is 0 Å². The second-order valence-corrected chi connectivity index (χ2v) is 7.21. The van der Waals surface area contributed by atoms with Crippen molar-refractivity contribution < 1.29 is 23.9 Å². The number of nitrogens with two attached hydrogens (primary N) is 5. The van der Waals surface area contributed by atoms with Crippen LogP contribution in [-0.4, -0.2) is 77.0 Å². The third-order valence-electron chi connectivity index (χ3n) is 4.23. The molecular weight excluding hydrogens is 430 g/mol. The molecule has 12 N–H and O–H groups in total. The van der Waals surface area contributed by atoms with Crippen LogP contribution in [0.4, 0.5) is 4.79 Å². The molecule has 0 aliphatic heterocycles. The maximum atomic E-state index is 12.0. The number of primary amides is 1. The van der Waals surface area contributed by atoms with E-state index in [4.69, 9.17) is 37.2 Å². The van der Waals surface area contributed by atoms with Gasteiger partial charge in [-0.05, 0) is 51.7 Å². The Kier molecular flexibility index (Phi) is 32.4. The molecule has 0 aliphatic carbocycles. The first-order chi connectivity index (χ1) is 15.9. The average molecular weight is 480 g/mol. The molecular formula is C21H49N7O5. The van der Waals surface area contributed by atoms with Crippen LogP contribution in [0.25, 0.3) is 0 Å². The van der Waals surface area contributed by atoms with Crippen LogP contribution in [0, 0.1) is 0 Å². The summed E-state index contributed by atoms with van der Waals surface area (Å²) in [6.07, 6.45) is 7.03. The fourth-order valence-corrected chi connectivity index (χ4v) is 2.54. The summed E-state index contributed by atoms with van der Waals surface area (Å²) in [6, 6.07) is -0.398. The molecule has 0 saturated carbocycles. The first-order valence-corrected chi connectivity index (χ1v) is 11.6. The topological polar surface area (TPSA) is 224 Å². The van der Waals surface area contributed by atoms with E-state index >= 15 is 0 Å². The van der Waals surface area contributed by atoms with E-state index in [1.807, 2.05) is 0 Å². The van der Waals surface area contributed by atoms with E-state index < -0.39 is 6.09 Å². The number of carbonyl (C=O) groups is 3. The molecule has 0 fully saturated rings. The molecule has 0 aromatic carbocycles. The monoisotopic (exact) mass is 479 g/mol. The Morgan fingerprint density at radius 1 is 0.848 bits per heavy atom. The summed E-state index contributed by atoms with van der Waals surface area (Å²) in [4.78, 5) is 32.0. The molecule has 0 rings (SSSR count). The van der Waals surface area contributed by atoms with Gasteiger partial charge in [0.15, 0.2) is 0 Å². The highest BCUT2D eigenvalue weighted by Crippen LogP contribution is 2.04. The maximum Gasteiger partial charge on any atom is 0.407 e. The quantitative estimate of drug-likeness (QED) is 0.103. The Bertz CT molecular complexity index is 443. The zero-order valence-electron chi connectivity index (χ0n) is 20.6. The van der Waals surface area contributed by atoms with Gasteiger partial charge >= 0.3 is 6.09 Å². The zero-order valence-corrected chi connectivity index (χ0v) is 20.6. The lowest BCUT2D eigenvalue weighted by Gasteiger charge is -2.21. The van der Waals surface area contributed by atoms with Crippen LogP contribution in [0.3, 0.4) is 0 Å². The normalized spacial score (nSPS) is 11.6. The van der Waals surface area contributed by atoms with Crippen LogP contribution in [0.2, 0.25) is 0 Å². The Morgan fingerprint density at radius 3 is 1.70 bits per heavy atom. The molecule has 3 amide bonds. The van der Waals surface area contributed by atoms with Crippen molar-refractivity contribution in [2.24, 2.45) is 28.7 Å².